The zero-order chi connectivity index (χ0) is 26.6. The predicted octanol–water partition coefficient (Wildman–Crippen LogP) is 0.666. The molecule has 1 unspecified atom stereocenters. The molecule has 0 spiro atoms. The van der Waals surface area contributed by atoms with Gasteiger partial charge in [0.15, 0.2) is 0 Å². The van der Waals surface area contributed by atoms with E-state index in [2.05, 4.69) is 12.0 Å². The number of thioether (sulfide) groups is 1. The smallest absolute Gasteiger partial charge is 0.343 e. The summed E-state index contributed by atoms with van der Waals surface area (Å²) in [6.45, 7) is 5.81. The number of ether oxygens (including phenoxy) is 3. The lowest BCUT2D eigenvalue weighted by atomic mass is 9.87. The van der Waals surface area contributed by atoms with E-state index in [0.717, 1.165) is 20.9 Å². The fraction of sp³-hybridized carbons (Fsp3) is 0.542. The molecule has 198 valence electrons. The quantitative estimate of drug-likeness (QED) is 0.207. The van der Waals surface area contributed by atoms with Gasteiger partial charge in [-0.15, -0.1) is 16.9 Å². The van der Waals surface area contributed by atoms with Crippen molar-refractivity contribution < 1.29 is 44.2 Å². The predicted molar refractivity (Wildman–Crippen MR) is 129 cm³/mol. The van der Waals surface area contributed by atoms with E-state index in [-0.39, 0.29) is 18.4 Å². The molecule has 1 aliphatic heterocycles. The lowest BCUT2D eigenvalue weighted by Crippen LogP contribution is -2.67. The van der Waals surface area contributed by atoms with Crippen LogP contribution in [0.3, 0.4) is 0 Å². The van der Waals surface area contributed by atoms with E-state index < -0.39 is 42.8 Å². The lowest BCUT2D eigenvalue weighted by molar-refractivity contribution is -0.272. The van der Waals surface area contributed by atoms with Crippen LogP contribution in [-0.2, 0) is 20.7 Å². The number of carbonyl (C=O) groups excluding carboxylic acids is 2. The number of carbonyl (C=O) groups is 2. The molecule has 1 aliphatic rings. The molecule has 36 heavy (non-hydrogen) atoms. The standard InChI is InChI=1S/C24H32N2O9S/c1-5-33-23(31)24(32)12-34-19(18(28)20(24)29)22(30)35-21-17(13(3)26(25-21)14(4)27)11-15-7-9-16(10-8-15)36-6-2/h7-10,18-20,22,28-30,32H,5-6,11-12H2,1-4H3/t18-,19+,20+,22?,24+/m1/s1. The monoisotopic (exact) mass is 524 g/mol. The fourth-order valence-electron chi connectivity index (χ4n) is 3.93. The van der Waals surface area contributed by atoms with Gasteiger partial charge in [-0.25, -0.2) is 9.48 Å². The van der Waals surface area contributed by atoms with Gasteiger partial charge < -0.3 is 34.6 Å². The minimum Gasteiger partial charge on any atom is -0.464 e. The number of aliphatic hydroxyl groups excluding tert-OH is 3. The van der Waals surface area contributed by atoms with E-state index in [1.165, 1.54) is 13.8 Å². The van der Waals surface area contributed by atoms with Crippen LogP contribution in [0.4, 0.5) is 0 Å². The van der Waals surface area contributed by atoms with E-state index in [1.54, 1.807) is 18.7 Å². The Bertz CT molecular complexity index is 1070. The van der Waals surface area contributed by atoms with Crippen LogP contribution in [0.2, 0.25) is 0 Å². The number of hydrogen-bond acceptors (Lipinski definition) is 11. The van der Waals surface area contributed by atoms with Gasteiger partial charge in [0.1, 0.15) is 18.3 Å². The van der Waals surface area contributed by atoms with Crippen LogP contribution in [0, 0.1) is 6.92 Å². The van der Waals surface area contributed by atoms with Crippen molar-refractivity contribution in [1.82, 2.24) is 9.78 Å². The number of esters is 1. The zero-order valence-electron chi connectivity index (χ0n) is 20.6. The highest BCUT2D eigenvalue weighted by atomic mass is 32.2. The summed E-state index contributed by atoms with van der Waals surface area (Å²) in [6, 6.07) is 7.87. The molecule has 0 radical (unpaired) electrons. The summed E-state index contributed by atoms with van der Waals surface area (Å²) in [4.78, 5) is 25.3. The molecule has 5 atom stereocenters. The number of aromatic nitrogens is 2. The van der Waals surface area contributed by atoms with Crippen LogP contribution in [0.25, 0.3) is 0 Å². The van der Waals surface area contributed by atoms with Crippen molar-refractivity contribution in [3.8, 4) is 5.88 Å². The molecular weight excluding hydrogens is 492 g/mol. The van der Waals surface area contributed by atoms with Crippen molar-refractivity contribution >= 4 is 23.6 Å². The third-order valence-electron chi connectivity index (χ3n) is 5.90. The summed E-state index contributed by atoms with van der Waals surface area (Å²) in [7, 11) is 0. The molecule has 1 aromatic heterocycles. The first-order chi connectivity index (χ1) is 17.0. The minimum atomic E-state index is -2.51. The summed E-state index contributed by atoms with van der Waals surface area (Å²) >= 11 is 1.71. The first-order valence-electron chi connectivity index (χ1n) is 11.6. The molecule has 0 bridgehead atoms. The average molecular weight is 525 g/mol. The fourth-order valence-corrected chi connectivity index (χ4v) is 4.59. The van der Waals surface area contributed by atoms with Crippen molar-refractivity contribution in [2.75, 3.05) is 19.0 Å². The maximum atomic E-state index is 12.1. The van der Waals surface area contributed by atoms with E-state index >= 15 is 0 Å². The second-order valence-electron chi connectivity index (χ2n) is 8.42. The van der Waals surface area contributed by atoms with Crippen LogP contribution in [0.15, 0.2) is 29.2 Å². The van der Waals surface area contributed by atoms with Gasteiger partial charge in [0.05, 0.1) is 18.9 Å². The molecule has 1 aromatic carbocycles. The molecular formula is C24H32N2O9S. The summed E-state index contributed by atoms with van der Waals surface area (Å²) in [5.74, 6) is -0.636. The first-order valence-corrected chi connectivity index (χ1v) is 12.5. The van der Waals surface area contributed by atoms with Gasteiger partial charge in [-0.2, -0.15) is 0 Å². The van der Waals surface area contributed by atoms with Crippen molar-refractivity contribution in [3.05, 3.63) is 41.1 Å². The normalized spacial score (nSPS) is 24.8. The minimum absolute atomic E-state index is 0.0553. The lowest BCUT2D eigenvalue weighted by Gasteiger charge is -2.42. The molecule has 0 saturated carbocycles. The molecule has 4 N–H and O–H groups in total. The molecule has 2 heterocycles. The Morgan fingerprint density at radius 3 is 2.53 bits per heavy atom. The van der Waals surface area contributed by atoms with Gasteiger partial charge in [0.2, 0.25) is 23.7 Å². The van der Waals surface area contributed by atoms with Crippen molar-refractivity contribution in [2.24, 2.45) is 0 Å². The van der Waals surface area contributed by atoms with Crippen LogP contribution in [-0.4, -0.2) is 91.3 Å². The van der Waals surface area contributed by atoms with Crippen LogP contribution in [0.1, 0.15) is 42.4 Å². The zero-order valence-corrected chi connectivity index (χ0v) is 21.4. The maximum Gasteiger partial charge on any atom is 0.343 e. The summed E-state index contributed by atoms with van der Waals surface area (Å²) in [5.41, 5.74) is -0.538. The molecule has 2 aromatic rings. The van der Waals surface area contributed by atoms with E-state index in [0.29, 0.717) is 17.7 Å². The Labute approximate surface area is 213 Å². The average Bonchev–Trinajstić information content (AvgIpc) is 3.14. The van der Waals surface area contributed by atoms with Gasteiger partial charge in [-0.1, -0.05) is 19.1 Å². The van der Waals surface area contributed by atoms with Gasteiger partial charge in [-0.3, -0.25) is 4.79 Å². The van der Waals surface area contributed by atoms with Gasteiger partial charge in [-0.05, 0) is 37.3 Å². The summed E-state index contributed by atoms with van der Waals surface area (Å²) < 4.78 is 16.8. The second kappa shape index (κ2) is 11.7. The van der Waals surface area contributed by atoms with E-state index in [9.17, 15) is 30.0 Å². The number of hydrogen-bond donors (Lipinski definition) is 4. The Kier molecular flexibility index (Phi) is 9.14. The van der Waals surface area contributed by atoms with Crippen LogP contribution < -0.4 is 4.74 Å². The molecule has 1 saturated heterocycles. The molecule has 12 heteroatoms. The Hall–Kier alpha value is -2.48. The third-order valence-corrected chi connectivity index (χ3v) is 6.80. The highest BCUT2D eigenvalue weighted by molar-refractivity contribution is 7.99. The Morgan fingerprint density at radius 1 is 1.28 bits per heavy atom. The number of rotatable bonds is 9. The molecule has 3 rings (SSSR count). The summed E-state index contributed by atoms with van der Waals surface area (Å²) in [5, 5.41) is 46.2. The topological polar surface area (TPSA) is 161 Å². The van der Waals surface area contributed by atoms with E-state index in [4.69, 9.17) is 14.2 Å². The highest BCUT2D eigenvalue weighted by Gasteiger charge is 2.56. The number of nitrogens with zero attached hydrogens (tertiary/aromatic N) is 2. The SMILES string of the molecule is CCOC(=O)[C@]1(O)CO[C@H](C(O)Oc2nn(C(C)=O)c(C)c2Cc2ccc(SCC)cc2)[C@@H](O)[C@@H]1O. The number of aliphatic hydroxyl groups is 4. The summed E-state index contributed by atoms with van der Waals surface area (Å²) in [6.07, 6.45) is -6.94. The third kappa shape index (κ3) is 5.74. The number of benzene rings is 1. The molecule has 11 nitrogen and oxygen atoms in total. The van der Waals surface area contributed by atoms with Gasteiger partial charge >= 0.3 is 5.97 Å². The first kappa shape index (κ1) is 28.1. The Balaban J connectivity index is 1.82. The van der Waals surface area contributed by atoms with Crippen molar-refractivity contribution in [1.29, 1.82) is 0 Å². The van der Waals surface area contributed by atoms with Crippen molar-refractivity contribution in [3.63, 3.8) is 0 Å². The van der Waals surface area contributed by atoms with Gasteiger partial charge in [0.25, 0.3) is 0 Å². The Morgan fingerprint density at radius 2 is 1.94 bits per heavy atom. The molecule has 0 amide bonds. The van der Waals surface area contributed by atoms with E-state index in [1.807, 2.05) is 24.3 Å². The van der Waals surface area contributed by atoms with Gasteiger partial charge in [0, 0.05) is 23.8 Å². The van der Waals surface area contributed by atoms with Crippen LogP contribution >= 0.6 is 11.8 Å². The van der Waals surface area contributed by atoms with Crippen LogP contribution in [0.5, 0.6) is 5.88 Å². The largest absolute Gasteiger partial charge is 0.464 e. The maximum absolute atomic E-state index is 12.1. The molecule has 1 fully saturated rings. The van der Waals surface area contributed by atoms with Crippen molar-refractivity contribution in [2.45, 2.75) is 69.2 Å². The molecule has 0 aliphatic carbocycles. The highest BCUT2D eigenvalue weighted by Crippen LogP contribution is 2.31. The second-order valence-corrected chi connectivity index (χ2v) is 9.76.